The third-order valence-corrected chi connectivity index (χ3v) is 4.02. The number of aliphatic imine (C=N–C) groups is 1. The zero-order valence-electron chi connectivity index (χ0n) is 15.3. The number of nitrogens with one attached hydrogen (secondary N) is 3. The number of amides is 1. The maximum absolute atomic E-state index is 12.2. The molecule has 1 heterocycles. The fraction of sp³-hybridized carbons (Fsp3) is 0.750. The summed E-state index contributed by atoms with van der Waals surface area (Å²) in [6, 6.07) is 0.415. The molecule has 1 aromatic rings. The lowest BCUT2D eigenvalue weighted by atomic mass is 9.85. The summed E-state index contributed by atoms with van der Waals surface area (Å²) in [5.74, 6) is 2.04. The number of rotatable bonds is 5. The lowest BCUT2D eigenvalue weighted by Gasteiger charge is -2.30. The van der Waals surface area contributed by atoms with Gasteiger partial charge in [0.15, 0.2) is 11.8 Å². The Bertz CT molecular complexity index is 575. The molecule has 0 aromatic carbocycles. The molecular weight excluding hydrogens is 435 g/mol. The number of aromatic nitrogens is 2. The van der Waals surface area contributed by atoms with Crippen molar-refractivity contribution in [3.8, 4) is 0 Å². The first-order chi connectivity index (χ1) is 11.5. The van der Waals surface area contributed by atoms with E-state index in [-0.39, 0.29) is 47.9 Å². The van der Waals surface area contributed by atoms with Crippen molar-refractivity contribution in [3.05, 3.63) is 11.7 Å². The molecule has 0 radical (unpaired) electrons. The highest BCUT2D eigenvalue weighted by Crippen LogP contribution is 2.24. The number of halogens is 1. The van der Waals surface area contributed by atoms with Crippen LogP contribution in [0.3, 0.4) is 0 Å². The van der Waals surface area contributed by atoms with Crippen molar-refractivity contribution in [1.82, 2.24) is 26.1 Å². The van der Waals surface area contributed by atoms with Crippen molar-refractivity contribution in [1.29, 1.82) is 0 Å². The summed E-state index contributed by atoms with van der Waals surface area (Å²) in [4.78, 5) is 20.6. The number of hydrogen-bond acceptors (Lipinski definition) is 5. The van der Waals surface area contributed by atoms with Crippen LogP contribution in [0.1, 0.15) is 51.2 Å². The predicted octanol–water partition coefficient (Wildman–Crippen LogP) is 1.74. The van der Waals surface area contributed by atoms with E-state index in [9.17, 15) is 4.79 Å². The van der Waals surface area contributed by atoms with Crippen LogP contribution in [0.4, 0.5) is 0 Å². The van der Waals surface area contributed by atoms with E-state index in [0.717, 1.165) is 25.7 Å². The molecule has 2 unspecified atom stereocenters. The van der Waals surface area contributed by atoms with Crippen LogP contribution in [0.5, 0.6) is 0 Å². The van der Waals surface area contributed by atoms with Crippen molar-refractivity contribution in [3.63, 3.8) is 0 Å². The standard InChI is InChI=1S/C16H28N6O2.HI/c1-10(2)19-15(23)12-6-5-7-13(8-12)21-16(17-4)18-9-14-20-11(3)24-22-14;/h10,12-13H,5-9H2,1-4H3,(H,19,23)(H2,17,18,21);1H. The van der Waals surface area contributed by atoms with E-state index >= 15 is 0 Å². The topological polar surface area (TPSA) is 104 Å². The summed E-state index contributed by atoms with van der Waals surface area (Å²) in [5, 5.41) is 13.4. The summed E-state index contributed by atoms with van der Waals surface area (Å²) >= 11 is 0. The molecule has 1 amide bonds. The zero-order valence-corrected chi connectivity index (χ0v) is 17.7. The first-order valence-electron chi connectivity index (χ1n) is 8.54. The fourth-order valence-corrected chi connectivity index (χ4v) is 2.93. The number of guanidine groups is 1. The molecule has 0 spiro atoms. The fourth-order valence-electron chi connectivity index (χ4n) is 2.93. The van der Waals surface area contributed by atoms with E-state index in [0.29, 0.717) is 24.2 Å². The van der Waals surface area contributed by atoms with Gasteiger partial charge in [-0.15, -0.1) is 24.0 Å². The van der Waals surface area contributed by atoms with Crippen molar-refractivity contribution in [2.24, 2.45) is 10.9 Å². The van der Waals surface area contributed by atoms with Gasteiger partial charge in [-0.1, -0.05) is 11.6 Å². The molecular formula is C16H29IN6O2. The van der Waals surface area contributed by atoms with E-state index in [4.69, 9.17) is 4.52 Å². The summed E-state index contributed by atoms with van der Waals surface area (Å²) in [6.07, 6.45) is 3.84. The second-order valence-corrected chi connectivity index (χ2v) is 6.52. The van der Waals surface area contributed by atoms with E-state index < -0.39 is 0 Å². The van der Waals surface area contributed by atoms with Crippen LogP contribution in [0, 0.1) is 12.8 Å². The number of carbonyl (C=O) groups excluding carboxylic acids is 1. The quantitative estimate of drug-likeness (QED) is 0.349. The third kappa shape index (κ3) is 7.17. The molecule has 1 aliphatic carbocycles. The van der Waals surface area contributed by atoms with E-state index in [1.165, 1.54) is 0 Å². The molecule has 1 fully saturated rings. The van der Waals surface area contributed by atoms with Crippen LogP contribution >= 0.6 is 24.0 Å². The number of hydrogen-bond donors (Lipinski definition) is 3. The number of carbonyl (C=O) groups is 1. The van der Waals surface area contributed by atoms with Crippen LogP contribution in [0.2, 0.25) is 0 Å². The lowest BCUT2D eigenvalue weighted by Crippen LogP contribution is -2.47. The van der Waals surface area contributed by atoms with Gasteiger partial charge in [0.25, 0.3) is 0 Å². The normalized spacial score (nSPS) is 20.8. The average Bonchev–Trinajstić information content (AvgIpc) is 2.96. The van der Waals surface area contributed by atoms with Crippen LogP contribution in [-0.4, -0.2) is 41.1 Å². The molecule has 0 bridgehead atoms. The highest BCUT2D eigenvalue weighted by molar-refractivity contribution is 14.0. The summed E-state index contributed by atoms with van der Waals surface area (Å²) < 4.78 is 4.95. The van der Waals surface area contributed by atoms with Crippen LogP contribution in [0.15, 0.2) is 9.52 Å². The molecule has 2 atom stereocenters. The summed E-state index contributed by atoms with van der Waals surface area (Å²) in [5.41, 5.74) is 0. The smallest absolute Gasteiger partial charge is 0.223 e. The Morgan fingerprint density at radius 3 is 2.76 bits per heavy atom. The Morgan fingerprint density at radius 1 is 1.40 bits per heavy atom. The van der Waals surface area contributed by atoms with Crippen molar-refractivity contribution < 1.29 is 9.32 Å². The Morgan fingerprint density at radius 2 is 2.16 bits per heavy atom. The van der Waals surface area contributed by atoms with Gasteiger partial charge in [0.1, 0.15) is 0 Å². The molecule has 0 saturated heterocycles. The molecule has 3 N–H and O–H groups in total. The van der Waals surface area contributed by atoms with Gasteiger partial charge in [-0.3, -0.25) is 9.79 Å². The molecule has 1 aromatic heterocycles. The SMILES string of the molecule is CN=C(NCc1noc(C)n1)NC1CCCC(C(=O)NC(C)C)C1.I. The van der Waals surface area contributed by atoms with Crippen LogP contribution in [-0.2, 0) is 11.3 Å². The highest BCUT2D eigenvalue weighted by atomic mass is 127. The molecule has 8 nitrogen and oxygen atoms in total. The largest absolute Gasteiger partial charge is 0.354 e. The van der Waals surface area contributed by atoms with Gasteiger partial charge in [0.2, 0.25) is 11.8 Å². The Labute approximate surface area is 166 Å². The minimum Gasteiger partial charge on any atom is -0.354 e. The second kappa shape index (κ2) is 10.6. The second-order valence-electron chi connectivity index (χ2n) is 6.52. The Balaban J connectivity index is 0.00000312. The molecule has 9 heteroatoms. The van der Waals surface area contributed by atoms with Gasteiger partial charge in [-0.25, -0.2) is 0 Å². The molecule has 2 rings (SSSR count). The van der Waals surface area contributed by atoms with Gasteiger partial charge >= 0.3 is 0 Å². The maximum Gasteiger partial charge on any atom is 0.223 e. The third-order valence-electron chi connectivity index (χ3n) is 4.02. The first-order valence-corrected chi connectivity index (χ1v) is 8.54. The Hall–Kier alpha value is -1.39. The predicted molar refractivity (Wildman–Crippen MR) is 107 cm³/mol. The van der Waals surface area contributed by atoms with Crippen molar-refractivity contribution in [2.45, 2.75) is 65.1 Å². The van der Waals surface area contributed by atoms with Crippen molar-refractivity contribution in [2.75, 3.05) is 7.05 Å². The number of nitrogens with zero attached hydrogens (tertiary/aromatic N) is 3. The van der Waals surface area contributed by atoms with E-state index in [2.05, 4.69) is 31.1 Å². The first kappa shape index (κ1) is 21.7. The van der Waals surface area contributed by atoms with Gasteiger partial charge in [0, 0.05) is 32.0 Å². The monoisotopic (exact) mass is 464 g/mol. The van der Waals surface area contributed by atoms with Gasteiger partial charge in [-0.05, 0) is 33.1 Å². The Kier molecular flexibility index (Phi) is 9.15. The molecule has 25 heavy (non-hydrogen) atoms. The zero-order chi connectivity index (χ0) is 17.5. The van der Waals surface area contributed by atoms with E-state index in [1.54, 1.807) is 14.0 Å². The molecule has 0 aliphatic heterocycles. The summed E-state index contributed by atoms with van der Waals surface area (Å²) in [6.45, 7) is 6.18. The summed E-state index contributed by atoms with van der Waals surface area (Å²) in [7, 11) is 1.72. The minimum absolute atomic E-state index is 0. The van der Waals surface area contributed by atoms with Crippen LogP contribution < -0.4 is 16.0 Å². The van der Waals surface area contributed by atoms with Gasteiger partial charge < -0.3 is 20.5 Å². The minimum atomic E-state index is 0. The van der Waals surface area contributed by atoms with E-state index in [1.807, 2.05) is 13.8 Å². The van der Waals surface area contributed by atoms with Crippen LogP contribution in [0.25, 0.3) is 0 Å². The number of aryl methyl sites for hydroxylation is 1. The maximum atomic E-state index is 12.2. The molecule has 1 saturated carbocycles. The highest BCUT2D eigenvalue weighted by Gasteiger charge is 2.28. The average molecular weight is 464 g/mol. The molecule has 1 aliphatic rings. The van der Waals surface area contributed by atoms with Gasteiger partial charge in [-0.2, -0.15) is 4.98 Å². The van der Waals surface area contributed by atoms with Crippen molar-refractivity contribution >= 4 is 35.8 Å². The van der Waals surface area contributed by atoms with Gasteiger partial charge in [0.05, 0.1) is 6.54 Å². The lowest BCUT2D eigenvalue weighted by molar-refractivity contribution is -0.126. The molecule has 142 valence electrons.